The Balaban J connectivity index is 2.65. The van der Waals surface area contributed by atoms with Crippen LogP contribution in [0.3, 0.4) is 0 Å². The lowest BCUT2D eigenvalue weighted by Crippen LogP contribution is -2.38. The Morgan fingerprint density at radius 3 is 2.61 bits per heavy atom. The highest BCUT2D eigenvalue weighted by Gasteiger charge is 2.19. The van der Waals surface area contributed by atoms with E-state index in [2.05, 4.69) is 26.1 Å². The van der Waals surface area contributed by atoms with Gasteiger partial charge < -0.3 is 10.1 Å². The molecule has 1 aromatic rings. The summed E-state index contributed by atoms with van der Waals surface area (Å²) in [4.78, 5) is 0. The Morgan fingerprint density at radius 2 is 2.00 bits per heavy atom. The van der Waals surface area contributed by atoms with E-state index in [1.165, 1.54) is 0 Å². The largest absolute Gasteiger partial charge is 0.375 e. The van der Waals surface area contributed by atoms with Crippen molar-refractivity contribution < 1.29 is 4.74 Å². The van der Waals surface area contributed by atoms with Crippen LogP contribution in [0.1, 0.15) is 39.3 Å². The highest BCUT2D eigenvalue weighted by molar-refractivity contribution is 6.33. The van der Waals surface area contributed by atoms with Gasteiger partial charge in [0, 0.05) is 29.2 Å². The van der Waals surface area contributed by atoms with Gasteiger partial charge in [-0.1, -0.05) is 23.2 Å². The zero-order valence-corrected chi connectivity index (χ0v) is 12.9. The maximum absolute atomic E-state index is 6.17. The van der Waals surface area contributed by atoms with Gasteiger partial charge in [-0.2, -0.15) is 0 Å². The van der Waals surface area contributed by atoms with E-state index in [1.807, 2.05) is 19.1 Å². The zero-order valence-electron chi connectivity index (χ0n) is 11.4. The quantitative estimate of drug-likeness (QED) is 0.835. The third kappa shape index (κ3) is 4.77. The summed E-state index contributed by atoms with van der Waals surface area (Å²) in [7, 11) is 0. The molecule has 1 atom stereocenters. The number of hydrogen-bond donors (Lipinski definition) is 1. The Labute approximate surface area is 120 Å². The summed E-state index contributed by atoms with van der Waals surface area (Å²) >= 11 is 12.2. The summed E-state index contributed by atoms with van der Waals surface area (Å²) in [6.45, 7) is 9.66. The van der Waals surface area contributed by atoms with Crippen LogP contribution < -0.4 is 5.32 Å². The van der Waals surface area contributed by atoms with Crippen LogP contribution in [-0.4, -0.2) is 18.8 Å². The normalized spacial score (nSPS) is 13.7. The standard InChI is InChI=1S/C14H21Cl2NO/c1-5-18-14(3,4)9-17-10(2)12-8-11(15)6-7-13(12)16/h6-8,10,17H,5,9H2,1-4H3. The minimum Gasteiger partial charge on any atom is -0.375 e. The van der Waals surface area contributed by atoms with Crippen molar-refractivity contribution in [1.29, 1.82) is 0 Å². The summed E-state index contributed by atoms with van der Waals surface area (Å²) in [6.07, 6.45) is 0. The number of halogens is 2. The van der Waals surface area contributed by atoms with Gasteiger partial charge >= 0.3 is 0 Å². The maximum atomic E-state index is 6.17. The highest BCUT2D eigenvalue weighted by atomic mass is 35.5. The lowest BCUT2D eigenvalue weighted by atomic mass is 10.1. The van der Waals surface area contributed by atoms with Crippen molar-refractivity contribution >= 4 is 23.2 Å². The Kier molecular flexibility index (Phi) is 5.93. The number of rotatable bonds is 6. The van der Waals surface area contributed by atoms with E-state index in [-0.39, 0.29) is 11.6 Å². The van der Waals surface area contributed by atoms with E-state index in [4.69, 9.17) is 27.9 Å². The molecule has 0 spiro atoms. The highest BCUT2D eigenvalue weighted by Crippen LogP contribution is 2.26. The van der Waals surface area contributed by atoms with Crippen molar-refractivity contribution in [3.63, 3.8) is 0 Å². The number of nitrogens with one attached hydrogen (secondary N) is 1. The van der Waals surface area contributed by atoms with Crippen molar-refractivity contribution in [3.8, 4) is 0 Å². The lowest BCUT2D eigenvalue weighted by molar-refractivity contribution is -0.0103. The van der Waals surface area contributed by atoms with Crippen LogP contribution in [-0.2, 0) is 4.74 Å². The first-order valence-electron chi connectivity index (χ1n) is 6.18. The van der Waals surface area contributed by atoms with Crippen LogP contribution in [0, 0.1) is 0 Å². The van der Waals surface area contributed by atoms with Gasteiger partial charge in [0.25, 0.3) is 0 Å². The first-order chi connectivity index (χ1) is 8.35. The SMILES string of the molecule is CCOC(C)(C)CNC(C)c1cc(Cl)ccc1Cl. The Hall–Kier alpha value is -0.280. The zero-order chi connectivity index (χ0) is 13.8. The molecule has 0 fully saturated rings. The summed E-state index contributed by atoms with van der Waals surface area (Å²) in [5.41, 5.74) is 0.824. The van der Waals surface area contributed by atoms with Gasteiger partial charge in [-0.25, -0.2) is 0 Å². The van der Waals surface area contributed by atoms with Gasteiger partial charge in [-0.3, -0.25) is 0 Å². The molecule has 0 aliphatic heterocycles. The number of hydrogen-bond acceptors (Lipinski definition) is 2. The number of benzene rings is 1. The first-order valence-corrected chi connectivity index (χ1v) is 6.93. The van der Waals surface area contributed by atoms with Crippen molar-refractivity contribution in [1.82, 2.24) is 5.32 Å². The average molecular weight is 290 g/mol. The molecule has 0 saturated carbocycles. The molecule has 18 heavy (non-hydrogen) atoms. The molecular formula is C14H21Cl2NO. The van der Waals surface area contributed by atoms with Crippen molar-refractivity contribution in [3.05, 3.63) is 33.8 Å². The van der Waals surface area contributed by atoms with Crippen LogP contribution in [0.5, 0.6) is 0 Å². The maximum Gasteiger partial charge on any atom is 0.0750 e. The Bertz CT molecular complexity index is 393. The van der Waals surface area contributed by atoms with E-state index in [0.29, 0.717) is 11.6 Å². The van der Waals surface area contributed by atoms with E-state index in [1.54, 1.807) is 6.07 Å². The molecule has 0 heterocycles. The predicted molar refractivity (Wildman–Crippen MR) is 78.6 cm³/mol. The third-order valence-electron chi connectivity index (χ3n) is 2.79. The lowest BCUT2D eigenvalue weighted by Gasteiger charge is -2.27. The van der Waals surface area contributed by atoms with E-state index in [0.717, 1.165) is 17.1 Å². The molecule has 2 nitrogen and oxygen atoms in total. The van der Waals surface area contributed by atoms with Crippen molar-refractivity contribution in [2.24, 2.45) is 0 Å². The second-order valence-electron chi connectivity index (χ2n) is 4.96. The molecule has 0 radical (unpaired) electrons. The van der Waals surface area contributed by atoms with Gasteiger partial charge in [0.15, 0.2) is 0 Å². The van der Waals surface area contributed by atoms with Crippen LogP contribution in [0.4, 0.5) is 0 Å². The summed E-state index contributed by atoms with van der Waals surface area (Å²) in [5.74, 6) is 0. The van der Waals surface area contributed by atoms with Gasteiger partial charge in [0.05, 0.1) is 5.60 Å². The first kappa shape index (κ1) is 15.8. The molecule has 1 N–H and O–H groups in total. The topological polar surface area (TPSA) is 21.3 Å². The average Bonchev–Trinajstić information content (AvgIpc) is 2.29. The molecular weight excluding hydrogens is 269 g/mol. The van der Waals surface area contributed by atoms with E-state index < -0.39 is 0 Å². The third-order valence-corrected chi connectivity index (χ3v) is 3.37. The molecule has 1 aromatic carbocycles. The second kappa shape index (κ2) is 6.76. The smallest absolute Gasteiger partial charge is 0.0750 e. The van der Waals surface area contributed by atoms with Crippen LogP contribution >= 0.6 is 23.2 Å². The monoisotopic (exact) mass is 289 g/mol. The molecule has 0 aromatic heterocycles. The minimum atomic E-state index is -0.186. The Morgan fingerprint density at radius 1 is 1.33 bits per heavy atom. The van der Waals surface area contributed by atoms with E-state index in [9.17, 15) is 0 Å². The summed E-state index contributed by atoms with van der Waals surface area (Å²) in [6, 6.07) is 5.65. The summed E-state index contributed by atoms with van der Waals surface area (Å²) < 4.78 is 5.65. The molecule has 0 aliphatic rings. The van der Waals surface area contributed by atoms with Gasteiger partial charge in [-0.15, -0.1) is 0 Å². The van der Waals surface area contributed by atoms with Gasteiger partial charge in [-0.05, 0) is 51.5 Å². The van der Waals surface area contributed by atoms with E-state index >= 15 is 0 Å². The molecule has 0 amide bonds. The predicted octanol–water partition coefficient (Wildman–Crippen LogP) is 4.46. The van der Waals surface area contributed by atoms with Gasteiger partial charge in [0.1, 0.15) is 0 Å². The molecule has 102 valence electrons. The molecule has 0 saturated heterocycles. The van der Waals surface area contributed by atoms with Crippen LogP contribution in [0.2, 0.25) is 10.0 Å². The molecule has 0 bridgehead atoms. The summed E-state index contributed by atoms with van der Waals surface area (Å²) in [5, 5.41) is 4.86. The fourth-order valence-electron chi connectivity index (χ4n) is 1.80. The van der Waals surface area contributed by atoms with Crippen molar-refractivity contribution in [2.45, 2.75) is 39.3 Å². The minimum absolute atomic E-state index is 0.135. The number of ether oxygens (including phenoxy) is 1. The fourth-order valence-corrected chi connectivity index (χ4v) is 2.26. The second-order valence-corrected chi connectivity index (χ2v) is 5.80. The van der Waals surface area contributed by atoms with Crippen molar-refractivity contribution in [2.75, 3.05) is 13.2 Å². The fraction of sp³-hybridized carbons (Fsp3) is 0.571. The van der Waals surface area contributed by atoms with Crippen LogP contribution in [0.25, 0.3) is 0 Å². The molecule has 1 rings (SSSR count). The van der Waals surface area contributed by atoms with Crippen LogP contribution in [0.15, 0.2) is 18.2 Å². The molecule has 1 unspecified atom stereocenters. The van der Waals surface area contributed by atoms with Gasteiger partial charge in [0.2, 0.25) is 0 Å². The molecule has 4 heteroatoms. The molecule has 0 aliphatic carbocycles.